The molecule has 0 fully saturated rings. The molecule has 108 valence electrons. The van der Waals surface area contributed by atoms with E-state index in [9.17, 15) is 4.79 Å². The van der Waals surface area contributed by atoms with E-state index in [1.807, 2.05) is 6.07 Å². The molecule has 1 aromatic heterocycles. The lowest BCUT2D eigenvalue weighted by molar-refractivity contribution is 1.29. The van der Waals surface area contributed by atoms with Crippen molar-refractivity contribution in [1.82, 2.24) is 4.98 Å². The molecule has 5 nitrogen and oxygen atoms in total. The highest BCUT2D eigenvalue weighted by atomic mass is 35.5. The Morgan fingerprint density at radius 1 is 1.05 bits per heavy atom. The van der Waals surface area contributed by atoms with E-state index < -0.39 is 5.56 Å². The third-order valence-corrected chi connectivity index (χ3v) is 3.88. The highest BCUT2D eigenvalue weighted by molar-refractivity contribution is 6.41. The molecule has 0 radical (unpaired) electrons. The van der Waals surface area contributed by atoms with Gasteiger partial charge in [0.1, 0.15) is 0 Å². The number of fused-ring (bicyclic) bond motifs is 1. The maximum Gasteiger partial charge on any atom is 0.256 e. The van der Waals surface area contributed by atoms with Crippen LogP contribution in [0.2, 0.25) is 10.0 Å². The number of hydrogen-bond acceptors (Lipinski definition) is 2. The summed E-state index contributed by atoms with van der Waals surface area (Å²) in [4.78, 5) is 18.0. The highest BCUT2D eigenvalue weighted by Crippen LogP contribution is 2.39. The van der Waals surface area contributed by atoms with Crippen molar-refractivity contribution in [2.45, 2.75) is 0 Å². The number of pyridine rings is 1. The van der Waals surface area contributed by atoms with Crippen molar-refractivity contribution < 1.29 is 0 Å². The number of aromatic amines is 1. The number of aromatic nitrogens is 1. The number of nitrogens with zero attached hydrogens (tertiary/aromatic N) is 3. The Morgan fingerprint density at radius 3 is 2.41 bits per heavy atom. The van der Waals surface area contributed by atoms with Gasteiger partial charge in [-0.3, -0.25) is 4.79 Å². The molecule has 0 unspecified atom stereocenters. The van der Waals surface area contributed by atoms with Crippen molar-refractivity contribution in [3.8, 4) is 11.1 Å². The van der Waals surface area contributed by atoms with Crippen molar-refractivity contribution >= 4 is 39.8 Å². The van der Waals surface area contributed by atoms with Gasteiger partial charge in [0.2, 0.25) is 0 Å². The summed E-state index contributed by atoms with van der Waals surface area (Å²) in [5, 5.41) is 4.78. The van der Waals surface area contributed by atoms with Gasteiger partial charge in [0.25, 0.3) is 5.56 Å². The first kappa shape index (κ1) is 14.5. The van der Waals surface area contributed by atoms with Gasteiger partial charge in [-0.05, 0) is 23.2 Å². The average molecular weight is 331 g/mol. The first-order valence-electron chi connectivity index (χ1n) is 6.28. The van der Waals surface area contributed by atoms with Gasteiger partial charge in [-0.2, -0.15) is 0 Å². The zero-order valence-electron chi connectivity index (χ0n) is 11.0. The summed E-state index contributed by atoms with van der Waals surface area (Å²) in [6, 6.07) is 12.1. The van der Waals surface area contributed by atoms with Crippen LogP contribution in [0.3, 0.4) is 0 Å². The number of azide groups is 1. The van der Waals surface area contributed by atoms with Crippen molar-refractivity contribution in [1.29, 1.82) is 0 Å². The highest BCUT2D eigenvalue weighted by Gasteiger charge is 2.17. The molecule has 3 aromatic rings. The van der Waals surface area contributed by atoms with Crippen molar-refractivity contribution in [3.63, 3.8) is 0 Å². The van der Waals surface area contributed by atoms with E-state index in [-0.39, 0.29) is 11.3 Å². The van der Waals surface area contributed by atoms with E-state index in [2.05, 4.69) is 15.0 Å². The Bertz CT molecular complexity index is 976. The zero-order chi connectivity index (χ0) is 15.7. The lowest BCUT2D eigenvalue weighted by Gasteiger charge is -2.11. The molecular formula is C15H8Cl2N4O. The molecule has 7 heteroatoms. The Hall–Kier alpha value is -2.46. The van der Waals surface area contributed by atoms with Crippen LogP contribution in [-0.2, 0) is 0 Å². The van der Waals surface area contributed by atoms with Gasteiger partial charge >= 0.3 is 0 Å². The summed E-state index contributed by atoms with van der Waals surface area (Å²) in [5.74, 6) is 0. The molecule has 0 aliphatic rings. The minimum Gasteiger partial charge on any atom is -0.320 e. The number of benzene rings is 2. The van der Waals surface area contributed by atoms with Crippen LogP contribution in [-0.4, -0.2) is 4.98 Å². The van der Waals surface area contributed by atoms with Gasteiger partial charge in [0.15, 0.2) is 0 Å². The number of rotatable bonds is 2. The fraction of sp³-hybridized carbons (Fsp3) is 0. The second-order valence-electron chi connectivity index (χ2n) is 4.51. The first-order chi connectivity index (χ1) is 10.6. The fourth-order valence-corrected chi connectivity index (χ4v) is 2.78. The van der Waals surface area contributed by atoms with Crippen LogP contribution in [0.25, 0.3) is 32.5 Å². The Kier molecular flexibility index (Phi) is 3.77. The monoisotopic (exact) mass is 330 g/mol. The van der Waals surface area contributed by atoms with Gasteiger partial charge in [0.05, 0.1) is 26.8 Å². The minimum absolute atomic E-state index is 0.167. The molecule has 2 aromatic carbocycles. The SMILES string of the molecule is [N-]=[N+]=Nc1c(-c2ccccc2)c(=O)[nH]c2c(Cl)ccc(Cl)c12. The average Bonchev–Trinajstić information content (AvgIpc) is 2.52. The van der Waals surface area contributed by atoms with Crippen LogP contribution in [0.1, 0.15) is 0 Å². The summed E-state index contributed by atoms with van der Waals surface area (Å²) in [6.07, 6.45) is 0. The second kappa shape index (κ2) is 5.73. The molecule has 3 rings (SSSR count). The quantitative estimate of drug-likeness (QED) is 0.378. The van der Waals surface area contributed by atoms with Crippen molar-refractivity contribution in [2.75, 3.05) is 0 Å². The van der Waals surface area contributed by atoms with Gasteiger partial charge in [-0.15, -0.1) is 0 Å². The first-order valence-corrected chi connectivity index (χ1v) is 7.03. The van der Waals surface area contributed by atoms with Gasteiger partial charge in [0, 0.05) is 10.3 Å². The molecule has 22 heavy (non-hydrogen) atoms. The summed E-state index contributed by atoms with van der Waals surface area (Å²) >= 11 is 12.3. The molecular weight excluding hydrogens is 323 g/mol. The Balaban J connectivity index is 2.56. The van der Waals surface area contributed by atoms with E-state index in [0.717, 1.165) is 0 Å². The molecule has 0 aliphatic heterocycles. The lowest BCUT2D eigenvalue weighted by atomic mass is 10.0. The number of H-pyrrole nitrogens is 1. The van der Waals surface area contributed by atoms with Crippen LogP contribution in [0.4, 0.5) is 5.69 Å². The molecule has 0 amide bonds. The van der Waals surface area contributed by atoms with E-state index in [1.54, 1.807) is 36.4 Å². The smallest absolute Gasteiger partial charge is 0.256 e. The van der Waals surface area contributed by atoms with Crippen molar-refractivity contribution in [2.24, 2.45) is 5.11 Å². The largest absolute Gasteiger partial charge is 0.320 e. The fourth-order valence-electron chi connectivity index (χ4n) is 2.33. The number of nitrogens with one attached hydrogen (secondary N) is 1. The van der Waals surface area contributed by atoms with E-state index in [4.69, 9.17) is 28.7 Å². The normalized spacial score (nSPS) is 10.5. The van der Waals surface area contributed by atoms with Crippen LogP contribution in [0, 0.1) is 0 Å². The maximum atomic E-state index is 12.5. The molecule has 0 atom stereocenters. The van der Waals surface area contributed by atoms with E-state index >= 15 is 0 Å². The molecule has 0 saturated carbocycles. The van der Waals surface area contributed by atoms with E-state index in [0.29, 0.717) is 26.5 Å². The summed E-state index contributed by atoms with van der Waals surface area (Å²) < 4.78 is 0. The number of halogens is 2. The topological polar surface area (TPSA) is 81.6 Å². The molecule has 0 bridgehead atoms. The molecule has 1 heterocycles. The van der Waals surface area contributed by atoms with Gasteiger partial charge in [-0.1, -0.05) is 58.6 Å². The zero-order valence-corrected chi connectivity index (χ0v) is 12.6. The van der Waals surface area contributed by atoms with Crippen LogP contribution >= 0.6 is 23.2 Å². The third kappa shape index (κ3) is 2.31. The molecule has 0 spiro atoms. The van der Waals surface area contributed by atoms with Gasteiger partial charge < -0.3 is 4.98 Å². The standard InChI is InChI=1S/C15H8Cl2N4O/c16-9-6-7-10(17)13-12(9)14(20-21-18)11(15(22)19-13)8-4-2-1-3-5-8/h1-7H,(H,19,22). The predicted molar refractivity (Wildman–Crippen MR) is 88.8 cm³/mol. The summed E-state index contributed by atoms with van der Waals surface area (Å²) in [5.41, 5.74) is 9.88. The van der Waals surface area contributed by atoms with Crippen LogP contribution in [0.15, 0.2) is 52.4 Å². The predicted octanol–water partition coefficient (Wildman–Crippen LogP) is 5.44. The summed E-state index contributed by atoms with van der Waals surface area (Å²) in [6.45, 7) is 0. The van der Waals surface area contributed by atoms with Gasteiger partial charge in [-0.25, -0.2) is 0 Å². The minimum atomic E-state index is -0.398. The molecule has 1 N–H and O–H groups in total. The van der Waals surface area contributed by atoms with Crippen molar-refractivity contribution in [3.05, 3.63) is 73.3 Å². The number of hydrogen-bond donors (Lipinski definition) is 1. The molecule has 0 saturated heterocycles. The lowest BCUT2D eigenvalue weighted by Crippen LogP contribution is -2.09. The molecule has 0 aliphatic carbocycles. The van der Waals surface area contributed by atoms with Crippen LogP contribution in [0.5, 0.6) is 0 Å². The summed E-state index contributed by atoms with van der Waals surface area (Å²) in [7, 11) is 0. The second-order valence-corrected chi connectivity index (χ2v) is 5.33. The Labute approximate surface area is 134 Å². The third-order valence-electron chi connectivity index (χ3n) is 3.25. The van der Waals surface area contributed by atoms with E-state index in [1.165, 1.54) is 0 Å². The Morgan fingerprint density at radius 2 is 1.73 bits per heavy atom. The maximum absolute atomic E-state index is 12.5. The van der Waals surface area contributed by atoms with Crippen LogP contribution < -0.4 is 5.56 Å².